The third-order valence-corrected chi connectivity index (χ3v) is 3.23. The molecule has 0 aromatic rings. The summed E-state index contributed by atoms with van der Waals surface area (Å²) < 4.78 is 0. The second kappa shape index (κ2) is 6.60. The molecule has 0 spiro atoms. The first kappa shape index (κ1) is 11.2. The smallest absolute Gasteiger partial charge is 0.0996 e. The van der Waals surface area contributed by atoms with Gasteiger partial charge in [-0.1, -0.05) is 0 Å². The predicted octanol–water partition coefficient (Wildman–Crippen LogP) is 2.16. The van der Waals surface area contributed by atoms with Crippen molar-refractivity contribution in [3.05, 3.63) is 0 Å². The number of thioether (sulfide) groups is 2. The van der Waals surface area contributed by atoms with Crippen LogP contribution in [0.25, 0.3) is 0 Å². The van der Waals surface area contributed by atoms with Crippen LogP contribution in [0.15, 0.2) is 4.99 Å². The number of nitrogens with zero attached hydrogens (tertiary/aromatic N) is 2. The van der Waals surface area contributed by atoms with Gasteiger partial charge in [-0.2, -0.15) is 11.8 Å². The molecule has 1 aliphatic rings. The lowest BCUT2D eigenvalue weighted by Crippen LogP contribution is -2.24. The van der Waals surface area contributed by atoms with Crippen molar-refractivity contribution in [2.45, 2.75) is 12.8 Å². The fraction of sp³-hybridized carbons (Fsp3) is 0.889. The Bertz CT molecular complexity index is 171. The minimum Gasteiger partial charge on any atom is -0.351 e. The molecule has 0 aromatic carbocycles. The molecule has 4 heteroatoms. The van der Waals surface area contributed by atoms with Crippen molar-refractivity contribution < 1.29 is 0 Å². The quantitative estimate of drug-likeness (QED) is 0.658. The molecule has 1 rings (SSSR count). The van der Waals surface area contributed by atoms with Gasteiger partial charge in [-0.25, -0.2) is 0 Å². The number of aliphatic imine (C=N–C) groups is 1. The Morgan fingerprint density at radius 1 is 1.38 bits per heavy atom. The maximum Gasteiger partial charge on any atom is 0.0996 e. The third kappa shape index (κ3) is 3.81. The Kier molecular flexibility index (Phi) is 5.71. The summed E-state index contributed by atoms with van der Waals surface area (Å²) in [7, 11) is 0. The van der Waals surface area contributed by atoms with Gasteiger partial charge in [0.25, 0.3) is 0 Å². The molecular weight excluding hydrogens is 200 g/mol. The van der Waals surface area contributed by atoms with Gasteiger partial charge in [-0.05, 0) is 18.9 Å². The monoisotopic (exact) mass is 218 g/mol. The van der Waals surface area contributed by atoms with E-state index in [9.17, 15) is 0 Å². The maximum atomic E-state index is 4.62. The second-order valence-corrected chi connectivity index (χ2v) is 4.90. The first-order valence-corrected chi connectivity index (χ1v) is 7.43. The maximum absolute atomic E-state index is 4.62. The average molecular weight is 218 g/mol. The van der Waals surface area contributed by atoms with E-state index in [1.807, 2.05) is 23.5 Å². The van der Waals surface area contributed by atoms with Gasteiger partial charge in [-0.15, -0.1) is 11.8 Å². The zero-order valence-electron chi connectivity index (χ0n) is 8.45. The Morgan fingerprint density at radius 2 is 2.23 bits per heavy atom. The van der Waals surface area contributed by atoms with Crippen LogP contribution < -0.4 is 0 Å². The molecule has 0 saturated carbocycles. The first-order valence-electron chi connectivity index (χ1n) is 4.64. The van der Waals surface area contributed by atoms with Crippen LogP contribution in [-0.4, -0.2) is 48.0 Å². The standard InChI is InChI=1S/C9H18N2S2/c1-12-7-5-10-9-4-3-6-11(9)8-13-2/h3-8H2,1-2H3/b10-9+. The summed E-state index contributed by atoms with van der Waals surface area (Å²) in [6, 6.07) is 0. The first-order chi connectivity index (χ1) is 6.38. The van der Waals surface area contributed by atoms with Gasteiger partial charge >= 0.3 is 0 Å². The van der Waals surface area contributed by atoms with E-state index in [0.717, 1.165) is 18.2 Å². The summed E-state index contributed by atoms with van der Waals surface area (Å²) >= 11 is 3.75. The van der Waals surface area contributed by atoms with Crippen molar-refractivity contribution in [3.8, 4) is 0 Å². The Morgan fingerprint density at radius 3 is 2.92 bits per heavy atom. The topological polar surface area (TPSA) is 15.6 Å². The molecule has 0 radical (unpaired) electrons. The van der Waals surface area contributed by atoms with E-state index in [2.05, 4.69) is 22.4 Å². The SMILES string of the molecule is CSCC/N=C1\CCCN1CSC. The fourth-order valence-corrected chi connectivity index (χ4v) is 2.32. The van der Waals surface area contributed by atoms with Crippen molar-refractivity contribution in [1.29, 1.82) is 0 Å². The lowest BCUT2D eigenvalue weighted by molar-refractivity contribution is 0.529. The molecule has 0 unspecified atom stereocenters. The van der Waals surface area contributed by atoms with Crippen LogP contribution in [0.5, 0.6) is 0 Å². The summed E-state index contributed by atoms with van der Waals surface area (Å²) in [5, 5.41) is 0. The Hall–Kier alpha value is 0.170. The van der Waals surface area contributed by atoms with Gasteiger partial charge in [0.15, 0.2) is 0 Å². The molecule has 0 aliphatic carbocycles. The molecule has 13 heavy (non-hydrogen) atoms. The van der Waals surface area contributed by atoms with E-state index in [1.54, 1.807) is 0 Å². The molecule has 0 N–H and O–H groups in total. The number of likely N-dealkylation sites (tertiary alicyclic amines) is 1. The van der Waals surface area contributed by atoms with Crippen molar-refractivity contribution in [2.75, 3.05) is 37.2 Å². The molecule has 1 saturated heterocycles. The number of amidine groups is 1. The summed E-state index contributed by atoms with van der Waals surface area (Å²) in [6.07, 6.45) is 6.76. The van der Waals surface area contributed by atoms with Crippen LogP contribution in [-0.2, 0) is 0 Å². The van der Waals surface area contributed by atoms with Crippen LogP contribution >= 0.6 is 23.5 Å². The highest BCUT2D eigenvalue weighted by molar-refractivity contribution is 7.98. The normalized spacial score (nSPS) is 20.2. The zero-order valence-corrected chi connectivity index (χ0v) is 10.1. The van der Waals surface area contributed by atoms with Crippen LogP contribution in [0.2, 0.25) is 0 Å². The lowest BCUT2D eigenvalue weighted by atomic mass is 10.4. The lowest BCUT2D eigenvalue weighted by Gasteiger charge is -2.16. The molecule has 0 atom stereocenters. The molecule has 2 nitrogen and oxygen atoms in total. The molecule has 0 aromatic heterocycles. The van der Waals surface area contributed by atoms with Crippen LogP contribution in [0.4, 0.5) is 0 Å². The molecule has 0 bridgehead atoms. The van der Waals surface area contributed by atoms with Gasteiger partial charge in [0, 0.05) is 25.3 Å². The zero-order chi connectivity index (χ0) is 9.52. The minimum absolute atomic E-state index is 0.987. The van der Waals surface area contributed by atoms with Gasteiger partial charge in [0.1, 0.15) is 0 Å². The van der Waals surface area contributed by atoms with Crippen molar-refractivity contribution in [1.82, 2.24) is 4.90 Å². The van der Waals surface area contributed by atoms with Crippen molar-refractivity contribution >= 4 is 29.4 Å². The molecular formula is C9H18N2S2. The molecule has 1 fully saturated rings. The Balaban J connectivity index is 2.33. The Labute approximate surface area is 89.6 Å². The van der Waals surface area contributed by atoms with E-state index in [0.29, 0.717) is 0 Å². The van der Waals surface area contributed by atoms with E-state index in [4.69, 9.17) is 0 Å². The number of hydrogen-bond acceptors (Lipinski definition) is 3. The highest BCUT2D eigenvalue weighted by Crippen LogP contribution is 2.14. The van der Waals surface area contributed by atoms with Crippen molar-refractivity contribution in [3.63, 3.8) is 0 Å². The summed E-state index contributed by atoms with van der Waals surface area (Å²) in [5.74, 6) is 3.60. The molecule has 1 heterocycles. The van der Waals surface area contributed by atoms with E-state index in [-0.39, 0.29) is 0 Å². The minimum atomic E-state index is 0.987. The highest BCUT2D eigenvalue weighted by Gasteiger charge is 2.16. The van der Waals surface area contributed by atoms with E-state index >= 15 is 0 Å². The second-order valence-electron chi connectivity index (χ2n) is 3.08. The van der Waals surface area contributed by atoms with Gasteiger partial charge in [0.05, 0.1) is 11.7 Å². The highest BCUT2D eigenvalue weighted by atomic mass is 32.2. The van der Waals surface area contributed by atoms with E-state index in [1.165, 1.54) is 25.2 Å². The predicted molar refractivity (Wildman–Crippen MR) is 65.0 cm³/mol. The summed E-state index contributed by atoms with van der Waals surface area (Å²) in [6.45, 7) is 2.19. The van der Waals surface area contributed by atoms with Crippen LogP contribution in [0.1, 0.15) is 12.8 Å². The third-order valence-electron chi connectivity index (χ3n) is 2.07. The number of rotatable bonds is 5. The molecule has 76 valence electrons. The van der Waals surface area contributed by atoms with Crippen LogP contribution in [0.3, 0.4) is 0 Å². The summed E-state index contributed by atoms with van der Waals surface area (Å²) in [4.78, 5) is 7.03. The largest absolute Gasteiger partial charge is 0.351 e. The van der Waals surface area contributed by atoms with Crippen LogP contribution in [0, 0.1) is 0 Å². The average Bonchev–Trinajstić information content (AvgIpc) is 2.54. The molecule has 1 aliphatic heterocycles. The van der Waals surface area contributed by atoms with Gasteiger partial charge < -0.3 is 4.90 Å². The van der Waals surface area contributed by atoms with Gasteiger partial charge in [0.2, 0.25) is 0 Å². The molecule has 0 amide bonds. The number of hydrogen-bond donors (Lipinski definition) is 0. The fourth-order valence-electron chi connectivity index (χ4n) is 1.46. The van der Waals surface area contributed by atoms with Crippen molar-refractivity contribution in [2.24, 2.45) is 4.99 Å². The summed E-state index contributed by atoms with van der Waals surface area (Å²) in [5.41, 5.74) is 0. The van der Waals surface area contributed by atoms with Gasteiger partial charge in [-0.3, -0.25) is 4.99 Å². The van der Waals surface area contributed by atoms with E-state index < -0.39 is 0 Å².